The van der Waals surface area contributed by atoms with E-state index in [0.717, 1.165) is 6.61 Å². The highest BCUT2D eigenvalue weighted by molar-refractivity contribution is 8.93. The lowest BCUT2D eigenvalue weighted by molar-refractivity contribution is 0.102. The number of halogens is 1. The third-order valence-electron chi connectivity index (χ3n) is 0.463. The Labute approximate surface area is 63.0 Å². The fraction of sp³-hybridized carbons (Fsp3) is 1.00. The second kappa shape index (κ2) is 7.62. The van der Waals surface area contributed by atoms with Crippen molar-refractivity contribution in [3.05, 3.63) is 0 Å². The first-order chi connectivity index (χ1) is 3.27. The topological polar surface area (TPSA) is 21.3 Å². The molecule has 0 saturated heterocycles. The van der Waals surface area contributed by atoms with E-state index in [-0.39, 0.29) is 17.0 Å². The highest BCUT2D eigenvalue weighted by Crippen LogP contribution is 1.70. The Hall–Kier alpha value is 0.617. The van der Waals surface area contributed by atoms with Gasteiger partial charge in [0.1, 0.15) is 8.96 Å². The molecule has 8 heavy (non-hydrogen) atoms. The number of rotatable bonds is 3. The van der Waals surface area contributed by atoms with E-state index in [9.17, 15) is 0 Å². The highest BCUT2D eigenvalue weighted by atomic mass is 79.9. The van der Waals surface area contributed by atoms with Crippen LogP contribution in [0.5, 0.6) is 0 Å². The Kier molecular flexibility index (Phi) is 10.9. The van der Waals surface area contributed by atoms with E-state index in [0.29, 0.717) is 0 Å². The van der Waals surface area contributed by atoms with Gasteiger partial charge >= 0.3 is 0 Å². The molecule has 0 atom stereocenters. The SMILES string of the molecule is Br.CCON[SiH](C)C. The maximum absolute atomic E-state index is 4.91. The van der Waals surface area contributed by atoms with Crippen LogP contribution in [0.25, 0.3) is 0 Å². The van der Waals surface area contributed by atoms with Crippen molar-refractivity contribution in [1.82, 2.24) is 5.15 Å². The Bertz CT molecular complexity index is 45.0. The molecule has 52 valence electrons. The molecular formula is C4H14BrNOSi. The van der Waals surface area contributed by atoms with Gasteiger partial charge in [0.25, 0.3) is 0 Å². The molecule has 0 aromatic carbocycles. The molecule has 0 aliphatic carbocycles. The van der Waals surface area contributed by atoms with Crippen LogP contribution in [-0.2, 0) is 4.84 Å². The van der Waals surface area contributed by atoms with Crippen LogP contribution in [0.15, 0.2) is 0 Å². The number of nitrogens with one attached hydrogen (secondary N) is 1. The quantitative estimate of drug-likeness (QED) is 0.544. The molecule has 1 N–H and O–H groups in total. The van der Waals surface area contributed by atoms with Gasteiger partial charge in [0.15, 0.2) is 0 Å². The van der Waals surface area contributed by atoms with E-state index < -0.39 is 8.96 Å². The van der Waals surface area contributed by atoms with Crippen molar-refractivity contribution in [2.75, 3.05) is 6.61 Å². The standard InChI is InChI=1S/C4H13NOSi.BrH/c1-4-6-5-7(2)3;/h5,7H,4H2,1-3H3;1H. The fourth-order valence-corrected chi connectivity index (χ4v) is 0.750. The van der Waals surface area contributed by atoms with Gasteiger partial charge in [0.05, 0.1) is 6.61 Å². The first-order valence-corrected chi connectivity index (χ1v) is 5.53. The van der Waals surface area contributed by atoms with Crippen molar-refractivity contribution in [2.45, 2.75) is 20.0 Å². The molecule has 0 heterocycles. The van der Waals surface area contributed by atoms with Crippen molar-refractivity contribution < 1.29 is 4.84 Å². The minimum Gasteiger partial charge on any atom is -0.310 e. The smallest absolute Gasteiger partial charge is 0.134 e. The van der Waals surface area contributed by atoms with E-state index in [1.54, 1.807) is 0 Å². The number of hydrogen-bond donors (Lipinski definition) is 1. The fourth-order valence-electron chi connectivity index (χ4n) is 0.250. The van der Waals surface area contributed by atoms with Crippen LogP contribution in [0.4, 0.5) is 0 Å². The molecule has 0 aliphatic rings. The summed E-state index contributed by atoms with van der Waals surface area (Å²) in [6, 6.07) is 0. The molecule has 4 heteroatoms. The molecule has 0 unspecified atom stereocenters. The van der Waals surface area contributed by atoms with Gasteiger partial charge in [-0.2, -0.15) is 0 Å². The molecule has 0 saturated carbocycles. The van der Waals surface area contributed by atoms with Crippen molar-refractivity contribution in [1.29, 1.82) is 0 Å². The molecular weight excluding hydrogens is 186 g/mol. The molecule has 0 fully saturated rings. The van der Waals surface area contributed by atoms with Crippen LogP contribution in [0.2, 0.25) is 13.1 Å². The van der Waals surface area contributed by atoms with Gasteiger partial charge in [-0.05, 0) is 6.92 Å². The second-order valence-electron chi connectivity index (χ2n) is 1.71. The molecule has 2 nitrogen and oxygen atoms in total. The van der Waals surface area contributed by atoms with E-state index >= 15 is 0 Å². The average molecular weight is 200 g/mol. The van der Waals surface area contributed by atoms with Crippen molar-refractivity contribution in [3.63, 3.8) is 0 Å². The van der Waals surface area contributed by atoms with Crippen LogP contribution in [0.1, 0.15) is 6.92 Å². The minimum atomic E-state index is -0.660. The maximum Gasteiger partial charge on any atom is 0.134 e. The van der Waals surface area contributed by atoms with Crippen LogP contribution in [0.3, 0.4) is 0 Å². The normalized spacial score (nSPS) is 9.00. The summed E-state index contributed by atoms with van der Waals surface area (Å²) in [6.45, 7) is 7.10. The second-order valence-corrected chi connectivity index (χ2v) is 4.25. The Morgan fingerprint density at radius 1 is 1.50 bits per heavy atom. The number of hydrogen-bond acceptors (Lipinski definition) is 2. The average Bonchev–Trinajstić information content (AvgIpc) is 1.61. The van der Waals surface area contributed by atoms with E-state index in [1.807, 2.05) is 6.92 Å². The first kappa shape index (κ1) is 11.4. The molecule has 0 rings (SSSR count). The van der Waals surface area contributed by atoms with Crippen LogP contribution < -0.4 is 5.15 Å². The van der Waals surface area contributed by atoms with Gasteiger partial charge in [0.2, 0.25) is 0 Å². The van der Waals surface area contributed by atoms with Gasteiger partial charge in [-0.3, -0.25) is 0 Å². The Morgan fingerprint density at radius 3 is 2.12 bits per heavy atom. The van der Waals surface area contributed by atoms with Crippen LogP contribution >= 0.6 is 17.0 Å². The predicted octanol–water partition coefficient (Wildman–Crippen LogP) is 1.09. The van der Waals surface area contributed by atoms with Gasteiger partial charge in [-0.1, -0.05) is 13.1 Å². The largest absolute Gasteiger partial charge is 0.310 e. The summed E-state index contributed by atoms with van der Waals surface area (Å²) in [6.07, 6.45) is 0. The zero-order valence-corrected chi connectivity index (χ0v) is 8.47. The monoisotopic (exact) mass is 199 g/mol. The van der Waals surface area contributed by atoms with Gasteiger partial charge in [-0.25, -0.2) is 5.15 Å². The summed E-state index contributed by atoms with van der Waals surface area (Å²) in [5.41, 5.74) is 0. The summed E-state index contributed by atoms with van der Waals surface area (Å²) >= 11 is 0. The van der Waals surface area contributed by atoms with Crippen LogP contribution in [0, 0.1) is 0 Å². The van der Waals surface area contributed by atoms with Gasteiger partial charge < -0.3 is 4.84 Å². The molecule has 0 radical (unpaired) electrons. The molecule has 0 bridgehead atoms. The zero-order chi connectivity index (χ0) is 5.70. The minimum absolute atomic E-state index is 0. The molecule has 0 amide bonds. The Morgan fingerprint density at radius 2 is 2.00 bits per heavy atom. The third kappa shape index (κ3) is 9.79. The molecule has 0 aromatic rings. The first-order valence-electron chi connectivity index (χ1n) is 2.64. The molecule has 0 aliphatic heterocycles. The van der Waals surface area contributed by atoms with Crippen molar-refractivity contribution in [3.8, 4) is 0 Å². The lowest BCUT2D eigenvalue weighted by atomic mass is 10.9. The lowest BCUT2D eigenvalue weighted by Crippen LogP contribution is -2.26. The summed E-state index contributed by atoms with van der Waals surface area (Å²) in [5, 5.41) is 2.93. The van der Waals surface area contributed by atoms with E-state index in [4.69, 9.17) is 4.84 Å². The van der Waals surface area contributed by atoms with Gasteiger partial charge in [-0.15, -0.1) is 17.0 Å². The van der Waals surface area contributed by atoms with Crippen molar-refractivity contribution >= 4 is 25.9 Å². The maximum atomic E-state index is 4.91. The highest BCUT2D eigenvalue weighted by Gasteiger charge is 1.88. The zero-order valence-electron chi connectivity index (χ0n) is 5.60. The van der Waals surface area contributed by atoms with Crippen LogP contribution in [-0.4, -0.2) is 15.6 Å². The third-order valence-corrected chi connectivity index (χ3v) is 1.10. The molecule has 0 spiro atoms. The van der Waals surface area contributed by atoms with Gasteiger partial charge in [0, 0.05) is 0 Å². The van der Waals surface area contributed by atoms with E-state index in [2.05, 4.69) is 18.2 Å². The summed E-state index contributed by atoms with van der Waals surface area (Å²) in [4.78, 5) is 4.91. The summed E-state index contributed by atoms with van der Waals surface area (Å²) < 4.78 is 0. The summed E-state index contributed by atoms with van der Waals surface area (Å²) in [5.74, 6) is 0. The van der Waals surface area contributed by atoms with E-state index in [1.165, 1.54) is 0 Å². The van der Waals surface area contributed by atoms with Crippen molar-refractivity contribution in [2.24, 2.45) is 0 Å². The Balaban J connectivity index is 0. The molecule has 0 aromatic heterocycles. The summed E-state index contributed by atoms with van der Waals surface area (Å²) in [7, 11) is -0.660. The predicted molar refractivity (Wildman–Crippen MR) is 44.0 cm³/mol. The lowest BCUT2D eigenvalue weighted by Gasteiger charge is -2.02.